The lowest BCUT2D eigenvalue weighted by Crippen LogP contribution is -2.11. The van der Waals surface area contributed by atoms with Gasteiger partial charge in [0.05, 0.1) is 10.4 Å². The van der Waals surface area contributed by atoms with E-state index in [1.165, 1.54) is 3.97 Å². The molecule has 0 radical (unpaired) electrons. The molecular weight excluding hydrogens is 282 g/mol. The van der Waals surface area contributed by atoms with Crippen molar-refractivity contribution in [2.75, 3.05) is 0 Å². The Kier molecular flexibility index (Phi) is 3.33. The van der Waals surface area contributed by atoms with Gasteiger partial charge in [0.2, 0.25) is 0 Å². The molecule has 1 heterocycles. The van der Waals surface area contributed by atoms with E-state index in [1.54, 1.807) is 30.5 Å². The summed E-state index contributed by atoms with van der Waals surface area (Å²) in [7, 11) is -3.56. The van der Waals surface area contributed by atoms with Crippen molar-refractivity contribution in [2.45, 2.75) is 24.7 Å². The zero-order valence-corrected chi connectivity index (χ0v) is 12.8. The molecule has 3 aromatic rings. The zero-order valence-electron chi connectivity index (χ0n) is 12.0. The molecule has 0 spiro atoms. The van der Waals surface area contributed by atoms with Crippen LogP contribution in [-0.2, 0) is 10.0 Å². The summed E-state index contributed by atoms with van der Waals surface area (Å²) in [6, 6.07) is 16.2. The second-order valence-corrected chi connectivity index (χ2v) is 7.19. The summed E-state index contributed by atoms with van der Waals surface area (Å²) >= 11 is 0. The molecule has 0 saturated carbocycles. The highest BCUT2D eigenvalue weighted by molar-refractivity contribution is 7.90. The summed E-state index contributed by atoms with van der Waals surface area (Å²) in [5.74, 6) is 0.266. The lowest BCUT2D eigenvalue weighted by atomic mass is 10.0. The van der Waals surface area contributed by atoms with Crippen molar-refractivity contribution in [2.24, 2.45) is 0 Å². The average molecular weight is 299 g/mol. The summed E-state index contributed by atoms with van der Waals surface area (Å²) in [6.07, 6.45) is 1.75. The number of benzene rings is 2. The van der Waals surface area contributed by atoms with Gasteiger partial charge < -0.3 is 0 Å². The molecule has 0 unspecified atom stereocenters. The molecule has 0 atom stereocenters. The maximum Gasteiger partial charge on any atom is 0.268 e. The van der Waals surface area contributed by atoms with Crippen LogP contribution in [0.5, 0.6) is 0 Å². The number of hydrogen-bond donors (Lipinski definition) is 0. The van der Waals surface area contributed by atoms with Crippen LogP contribution in [0.2, 0.25) is 0 Å². The van der Waals surface area contributed by atoms with E-state index in [-0.39, 0.29) is 5.92 Å². The third-order valence-electron chi connectivity index (χ3n) is 3.63. The fraction of sp³-hybridized carbons (Fsp3) is 0.176. The number of rotatable bonds is 3. The lowest BCUT2D eigenvalue weighted by molar-refractivity contribution is 0.589. The Morgan fingerprint density at radius 1 is 0.905 bits per heavy atom. The molecule has 0 bridgehead atoms. The predicted octanol–water partition coefficient (Wildman–Crippen LogP) is 4.00. The van der Waals surface area contributed by atoms with Gasteiger partial charge in [-0.25, -0.2) is 12.4 Å². The normalized spacial score (nSPS) is 12.1. The van der Waals surface area contributed by atoms with Crippen LogP contribution >= 0.6 is 0 Å². The summed E-state index contributed by atoms with van der Waals surface area (Å²) in [4.78, 5) is 0.307. The van der Waals surface area contributed by atoms with Crippen LogP contribution in [0.4, 0.5) is 0 Å². The summed E-state index contributed by atoms with van der Waals surface area (Å²) < 4.78 is 27.1. The quantitative estimate of drug-likeness (QED) is 0.733. The molecule has 0 aliphatic rings. The van der Waals surface area contributed by atoms with E-state index in [1.807, 2.05) is 30.3 Å². The van der Waals surface area contributed by atoms with E-state index in [9.17, 15) is 8.42 Å². The molecule has 1 aromatic heterocycles. The zero-order chi connectivity index (χ0) is 15.0. The minimum Gasteiger partial charge on any atom is -0.241 e. The second kappa shape index (κ2) is 5.04. The smallest absolute Gasteiger partial charge is 0.241 e. The van der Waals surface area contributed by atoms with E-state index in [2.05, 4.69) is 13.8 Å². The number of aromatic nitrogens is 1. The molecule has 0 aliphatic carbocycles. The topological polar surface area (TPSA) is 39.1 Å². The van der Waals surface area contributed by atoms with E-state index in [0.29, 0.717) is 4.90 Å². The third-order valence-corrected chi connectivity index (χ3v) is 5.32. The van der Waals surface area contributed by atoms with Gasteiger partial charge in [-0.3, -0.25) is 0 Å². The molecule has 3 rings (SSSR count). The Morgan fingerprint density at radius 3 is 2.19 bits per heavy atom. The third kappa shape index (κ3) is 2.25. The first-order valence-electron chi connectivity index (χ1n) is 6.92. The molecular formula is C17H17NO2S. The van der Waals surface area contributed by atoms with Gasteiger partial charge in [0.15, 0.2) is 0 Å². The Hall–Kier alpha value is -2.07. The van der Waals surface area contributed by atoms with Crippen molar-refractivity contribution in [3.05, 3.63) is 66.4 Å². The standard InChI is InChI=1S/C17H17NO2S/c1-13(2)16-12-18(17-11-7-6-10-15(16)17)21(19,20)14-8-4-3-5-9-14/h3-13H,1-2H3. The van der Waals surface area contributed by atoms with Crippen molar-refractivity contribution in [1.29, 1.82) is 0 Å². The Labute approximate surface area is 124 Å². The van der Waals surface area contributed by atoms with Gasteiger partial charge >= 0.3 is 0 Å². The molecule has 21 heavy (non-hydrogen) atoms. The van der Waals surface area contributed by atoms with Crippen molar-refractivity contribution >= 4 is 20.9 Å². The Balaban J connectivity index is 2.31. The lowest BCUT2D eigenvalue weighted by Gasteiger charge is -2.07. The van der Waals surface area contributed by atoms with E-state index in [4.69, 9.17) is 0 Å². The maximum absolute atomic E-state index is 12.8. The number of hydrogen-bond acceptors (Lipinski definition) is 2. The van der Waals surface area contributed by atoms with Crippen LogP contribution < -0.4 is 0 Å². The maximum atomic E-state index is 12.8. The van der Waals surface area contributed by atoms with Crippen molar-refractivity contribution < 1.29 is 8.42 Å². The van der Waals surface area contributed by atoms with Crippen LogP contribution in [0.15, 0.2) is 65.7 Å². The van der Waals surface area contributed by atoms with Crippen LogP contribution in [0.3, 0.4) is 0 Å². The SMILES string of the molecule is CC(C)c1cn(S(=O)(=O)c2ccccc2)c2ccccc12. The molecule has 2 aromatic carbocycles. The van der Waals surface area contributed by atoms with Gasteiger partial charge in [-0.05, 0) is 29.7 Å². The van der Waals surface area contributed by atoms with Crippen LogP contribution in [0, 0.1) is 0 Å². The fourth-order valence-electron chi connectivity index (χ4n) is 2.54. The predicted molar refractivity (Wildman–Crippen MR) is 85.1 cm³/mol. The highest BCUT2D eigenvalue weighted by Crippen LogP contribution is 2.30. The molecule has 0 fully saturated rings. The van der Waals surface area contributed by atoms with E-state index >= 15 is 0 Å². The molecule has 4 heteroatoms. The van der Waals surface area contributed by atoms with Crippen LogP contribution in [-0.4, -0.2) is 12.4 Å². The van der Waals surface area contributed by atoms with Crippen LogP contribution in [0.25, 0.3) is 10.9 Å². The largest absolute Gasteiger partial charge is 0.268 e. The first-order chi connectivity index (χ1) is 10.0. The molecule has 3 nitrogen and oxygen atoms in total. The summed E-state index contributed by atoms with van der Waals surface area (Å²) in [5, 5.41) is 0.993. The summed E-state index contributed by atoms with van der Waals surface area (Å²) in [5.41, 5.74) is 1.77. The Bertz CT molecular complexity index is 878. The molecule has 0 aliphatic heterocycles. The van der Waals surface area contributed by atoms with Gasteiger partial charge in [-0.15, -0.1) is 0 Å². The van der Waals surface area contributed by atoms with E-state index in [0.717, 1.165) is 16.5 Å². The Morgan fingerprint density at radius 2 is 1.52 bits per heavy atom. The number of para-hydroxylation sites is 1. The van der Waals surface area contributed by atoms with Crippen molar-refractivity contribution in [3.63, 3.8) is 0 Å². The number of nitrogens with zero attached hydrogens (tertiary/aromatic N) is 1. The monoisotopic (exact) mass is 299 g/mol. The van der Waals surface area contributed by atoms with Gasteiger partial charge in [0.1, 0.15) is 0 Å². The first kappa shape index (κ1) is 13.9. The molecule has 0 amide bonds. The van der Waals surface area contributed by atoms with E-state index < -0.39 is 10.0 Å². The minimum atomic E-state index is -3.56. The number of fused-ring (bicyclic) bond motifs is 1. The second-order valence-electron chi connectivity index (χ2n) is 5.37. The van der Waals surface area contributed by atoms with Gasteiger partial charge in [-0.2, -0.15) is 0 Å². The summed E-state index contributed by atoms with van der Waals surface area (Å²) in [6.45, 7) is 4.14. The minimum absolute atomic E-state index is 0.266. The average Bonchev–Trinajstić information content (AvgIpc) is 2.88. The molecule has 0 N–H and O–H groups in total. The molecule has 108 valence electrons. The van der Waals surface area contributed by atoms with Crippen LogP contribution in [0.1, 0.15) is 25.3 Å². The van der Waals surface area contributed by atoms with Gasteiger partial charge in [0, 0.05) is 11.6 Å². The van der Waals surface area contributed by atoms with Crippen molar-refractivity contribution in [1.82, 2.24) is 3.97 Å². The van der Waals surface area contributed by atoms with Gasteiger partial charge in [-0.1, -0.05) is 50.2 Å². The fourth-order valence-corrected chi connectivity index (χ4v) is 3.94. The molecule has 0 saturated heterocycles. The first-order valence-corrected chi connectivity index (χ1v) is 8.36. The van der Waals surface area contributed by atoms with Crippen molar-refractivity contribution in [3.8, 4) is 0 Å². The highest BCUT2D eigenvalue weighted by atomic mass is 32.2. The highest BCUT2D eigenvalue weighted by Gasteiger charge is 2.21. The van der Waals surface area contributed by atoms with Gasteiger partial charge in [0.25, 0.3) is 10.0 Å².